The standard InChI is InChI=1S/C19H31ClN2O/c1-3-5-7-9-14-22(15-10-8-6-4-2)19(23)21-18-13-11-12-17(20)16-18/h11-13,16H,3-10,14-15H2,1-2H3,(H,21,23). The molecule has 130 valence electrons. The molecule has 1 N–H and O–H groups in total. The van der Waals surface area contributed by atoms with Crippen molar-refractivity contribution < 1.29 is 4.79 Å². The van der Waals surface area contributed by atoms with E-state index in [4.69, 9.17) is 11.6 Å². The molecule has 0 aliphatic carbocycles. The summed E-state index contributed by atoms with van der Waals surface area (Å²) < 4.78 is 0. The zero-order valence-electron chi connectivity index (χ0n) is 14.6. The molecule has 4 heteroatoms. The first kappa shape index (κ1) is 19.8. The number of carbonyl (C=O) groups excluding carboxylic acids is 1. The zero-order chi connectivity index (χ0) is 16.9. The van der Waals surface area contributed by atoms with E-state index in [9.17, 15) is 4.79 Å². The van der Waals surface area contributed by atoms with Crippen molar-refractivity contribution in [3.63, 3.8) is 0 Å². The molecule has 1 aromatic carbocycles. The van der Waals surface area contributed by atoms with E-state index in [1.165, 1.54) is 38.5 Å². The first-order valence-electron chi connectivity index (χ1n) is 8.98. The number of benzene rings is 1. The predicted molar refractivity (Wildman–Crippen MR) is 100 cm³/mol. The smallest absolute Gasteiger partial charge is 0.321 e. The van der Waals surface area contributed by atoms with Crippen LogP contribution in [0.1, 0.15) is 65.2 Å². The van der Waals surface area contributed by atoms with Crippen LogP contribution >= 0.6 is 11.6 Å². The van der Waals surface area contributed by atoms with Crippen LogP contribution in [-0.4, -0.2) is 24.0 Å². The molecule has 0 fully saturated rings. The van der Waals surface area contributed by atoms with E-state index in [-0.39, 0.29) is 6.03 Å². The van der Waals surface area contributed by atoms with Crippen molar-refractivity contribution in [3.8, 4) is 0 Å². The van der Waals surface area contributed by atoms with Crippen LogP contribution in [0.2, 0.25) is 5.02 Å². The highest BCUT2D eigenvalue weighted by molar-refractivity contribution is 6.30. The Morgan fingerprint density at radius 2 is 1.61 bits per heavy atom. The number of nitrogens with zero attached hydrogens (tertiary/aromatic N) is 1. The monoisotopic (exact) mass is 338 g/mol. The van der Waals surface area contributed by atoms with Crippen molar-refractivity contribution in [2.75, 3.05) is 18.4 Å². The number of urea groups is 1. The van der Waals surface area contributed by atoms with Crippen LogP contribution < -0.4 is 5.32 Å². The molecule has 1 aromatic rings. The average Bonchev–Trinajstić information content (AvgIpc) is 2.53. The molecule has 0 unspecified atom stereocenters. The van der Waals surface area contributed by atoms with Gasteiger partial charge < -0.3 is 10.2 Å². The van der Waals surface area contributed by atoms with Gasteiger partial charge in [0.25, 0.3) is 0 Å². The Kier molecular flexibility index (Phi) is 10.5. The van der Waals surface area contributed by atoms with Crippen LogP contribution in [0.3, 0.4) is 0 Å². The number of amides is 2. The molecule has 2 amide bonds. The summed E-state index contributed by atoms with van der Waals surface area (Å²) in [6, 6.07) is 7.30. The third kappa shape index (κ3) is 8.85. The van der Waals surface area contributed by atoms with Crippen molar-refractivity contribution in [3.05, 3.63) is 29.3 Å². The summed E-state index contributed by atoms with van der Waals surface area (Å²) in [5.41, 5.74) is 0.759. The second-order valence-electron chi connectivity index (χ2n) is 6.05. The number of hydrogen-bond donors (Lipinski definition) is 1. The summed E-state index contributed by atoms with van der Waals surface area (Å²) in [6.07, 6.45) is 9.42. The van der Waals surface area contributed by atoms with Crippen molar-refractivity contribution >= 4 is 23.3 Å². The minimum absolute atomic E-state index is 0.0136. The van der Waals surface area contributed by atoms with E-state index in [0.29, 0.717) is 5.02 Å². The van der Waals surface area contributed by atoms with E-state index >= 15 is 0 Å². The fourth-order valence-corrected chi connectivity index (χ4v) is 2.73. The molecule has 0 aliphatic heterocycles. The van der Waals surface area contributed by atoms with Crippen molar-refractivity contribution in [1.82, 2.24) is 4.90 Å². The Morgan fingerprint density at radius 1 is 1.00 bits per heavy atom. The maximum Gasteiger partial charge on any atom is 0.321 e. The maximum absolute atomic E-state index is 12.5. The quantitative estimate of drug-likeness (QED) is 0.469. The first-order valence-corrected chi connectivity index (χ1v) is 9.36. The molecule has 0 heterocycles. The van der Waals surface area contributed by atoms with E-state index in [0.717, 1.165) is 31.6 Å². The Bertz CT molecular complexity index is 439. The summed E-state index contributed by atoms with van der Waals surface area (Å²) in [6.45, 7) is 6.07. The molecule has 3 nitrogen and oxygen atoms in total. The molecular formula is C19H31ClN2O. The van der Waals surface area contributed by atoms with E-state index in [2.05, 4.69) is 19.2 Å². The summed E-state index contributed by atoms with van der Waals surface area (Å²) in [5, 5.41) is 3.61. The van der Waals surface area contributed by atoms with E-state index < -0.39 is 0 Å². The summed E-state index contributed by atoms with van der Waals surface area (Å²) in [7, 11) is 0. The van der Waals surface area contributed by atoms with Crippen LogP contribution in [0.4, 0.5) is 10.5 Å². The van der Waals surface area contributed by atoms with Crippen LogP contribution in [-0.2, 0) is 0 Å². The van der Waals surface area contributed by atoms with Gasteiger partial charge in [0, 0.05) is 23.8 Å². The van der Waals surface area contributed by atoms with Crippen LogP contribution in [0, 0.1) is 0 Å². The minimum atomic E-state index is -0.0136. The van der Waals surface area contributed by atoms with E-state index in [1.54, 1.807) is 6.07 Å². The Balaban J connectivity index is 2.51. The second-order valence-corrected chi connectivity index (χ2v) is 6.49. The van der Waals surface area contributed by atoms with Crippen molar-refractivity contribution in [1.29, 1.82) is 0 Å². The second kappa shape index (κ2) is 12.2. The van der Waals surface area contributed by atoms with E-state index in [1.807, 2.05) is 23.1 Å². The predicted octanol–water partition coefficient (Wildman–Crippen LogP) is 6.33. The zero-order valence-corrected chi connectivity index (χ0v) is 15.4. The largest absolute Gasteiger partial charge is 0.325 e. The molecule has 0 atom stereocenters. The van der Waals surface area contributed by atoms with Crippen molar-refractivity contribution in [2.45, 2.75) is 65.2 Å². The highest BCUT2D eigenvalue weighted by Crippen LogP contribution is 2.16. The third-order valence-corrected chi connectivity index (χ3v) is 4.16. The van der Waals surface area contributed by atoms with Gasteiger partial charge in [-0.3, -0.25) is 0 Å². The Labute approximate surface area is 146 Å². The summed E-state index contributed by atoms with van der Waals surface area (Å²) in [4.78, 5) is 14.5. The highest BCUT2D eigenvalue weighted by atomic mass is 35.5. The maximum atomic E-state index is 12.5. The van der Waals surface area contributed by atoms with Gasteiger partial charge in [-0.25, -0.2) is 4.79 Å². The number of nitrogens with one attached hydrogen (secondary N) is 1. The molecule has 1 rings (SSSR count). The molecule has 0 saturated carbocycles. The summed E-state index contributed by atoms with van der Waals surface area (Å²) >= 11 is 5.98. The normalized spacial score (nSPS) is 10.6. The highest BCUT2D eigenvalue weighted by Gasteiger charge is 2.13. The molecule has 0 bridgehead atoms. The lowest BCUT2D eigenvalue weighted by Gasteiger charge is -2.23. The molecule has 0 aliphatic rings. The number of anilines is 1. The van der Waals surface area contributed by atoms with Gasteiger partial charge in [0.2, 0.25) is 0 Å². The van der Waals surface area contributed by atoms with Gasteiger partial charge in [-0.2, -0.15) is 0 Å². The van der Waals surface area contributed by atoms with Gasteiger partial charge in [-0.1, -0.05) is 70.0 Å². The minimum Gasteiger partial charge on any atom is -0.325 e. The lowest BCUT2D eigenvalue weighted by atomic mass is 10.2. The first-order chi connectivity index (χ1) is 11.2. The van der Waals surface area contributed by atoms with Gasteiger partial charge in [0.1, 0.15) is 0 Å². The van der Waals surface area contributed by atoms with Gasteiger partial charge >= 0.3 is 6.03 Å². The molecule has 0 spiro atoms. The number of rotatable bonds is 11. The Hall–Kier alpha value is -1.22. The van der Waals surface area contributed by atoms with Crippen LogP contribution in [0.15, 0.2) is 24.3 Å². The van der Waals surface area contributed by atoms with Gasteiger partial charge in [-0.05, 0) is 31.0 Å². The number of carbonyl (C=O) groups is 1. The number of halogens is 1. The fraction of sp³-hybridized carbons (Fsp3) is 0.632. The fourth-order valence-electron chi connectivity index (χ4n) is 2.54. The SMILES string of the molecule is CCCCCCN(CCCCCC)C(=O)Nc1cccc(Cl)c1. The molecule has 0 saturated heterocycles. The van der Waals surface area contributed by atoms with Crippen molar-refractivity contribution in [2.24, 2.45) is 0 Å². The average molecular weight is 339 g/mol. The van der Waals surface area contributed by atoms with Gasteiger partial charge in [-0.15, -0.1) is 0 Å². The van der Waals surface area contributed by atoms with Gasteiger partial charge in [0.15, 0.2) is 0 Å². The lowest BCUT2D eigenvalue weighted by molar-refractivity contribution is 0.209. The van der Waals surface area contributed by atoms with Gasteiger partial charge in [0.05, 0.1) is 0 Å². The number of unbranched alkanes of at least 4 members (excludes halogenated alkanes) is 6. The Morgan fingerprint density at radius 3 is 2.13 bits per heavy atom. The molecule has 23 heavy (non-hydrogen) atoms. The molecule has 0 radical (unpaired) electrons. The van der Waals surface area contributed by atoms with Crippen LogP contribution in [0.25, 0.3) is 0 Å². The van der Waals surface area contributed by atoms with Crippen LogP contribution in [0.5, 0.6) is 0 Å². The lowest BCUT2D eigenvalue weighted by Crippen LogP contribution is -2.36. The summed E-state index contributed by atoms with van der Waals surface area (Å²) in [5.74, 6) is 0. The molecular weight excluding hydrogens is 308 g/mol. The molecule has 0 aromatic heterocycles. The topological polar surface area (TPSA) is 32.3 Å². The number of hydrogen-bond acceptors (Lipinski definition) is 1. The third-order valence-electron chi connectivity index (χ3n) is 3.93.